The van der Waals surface area contributed by atoms with Crippen molar-refractivity contribution in [1.29, 1.82) is 10.5 Å². The minimum absolute atomic E-state index is 0.563. The van der Waals surface area contributed by atoms with Crippen LogP contribution in [0.1, 0.15) is 16.7 Å². The van der Waals surface area contributed by atoms with Crippen LogP contribution in [0.4, 0.5) is 0 Å². The van der Waals surface area contributed by atoms with Crippen LogP contribution in [0.2, 0.25) is 0 Å². The minimum Gasteiger partial charge on any atom is -0.192 e. The van der Waals surface area contributed by atoms with Crippen molar-refractivity contribution in [1.82, 2.24) is 0 Å². The zero-order valence-corrected chi connectivity index (χ0v) is 8.28. The van der Waals surface area contributed by atoms with E-state index < -0.39 is 0 Å². The van der Waals surface area contributed by atoms with E-state index in [1.807, 2.05) is 31.2 Å². The van der Waals surface area contributed by atoms with Crippen LogP contribution < -0.4 is 0 Å². The van der Waals surface area contributed by atoms with Gasteiger partial charge in [-0.1, -0.05) is 24.3 Å². The first kappa shape index (κ1) is 9.24. The zero-order valence-electron chi connectivity index (χ0n) is 8.28. The molecule has 2 aromatic carbocycles. The van der Waals surface area contributed by atoms with Crippen LogP contribution in [-0.4, -0.2) is 0 Å². The number of rotatable bonds is 0. The van der Waals surface area contributed by atoms with Gasteiger partial charge in [0.2, 0.25) is 0 Å². The highest BCUT2D eigenvalue weighted by Gasteiger charge is 2.07. The standard InChI is InChI=1S/C13H8N2/c1-9-5-6-10-3-2-4-11(7-14)13(10)12(9)8-15/h2-6H,1H3. The first-order valence-electron chi connectivity index (χ1n) is 4.60. The molecule has 70 valence electrons. The van der Waals surface area contributed by atoms with E-state index in [1.54, 1.807) is 6.07 Å². The van der Waals surface area contributed by atoms with Crippen molar-refractivity contribution in [3.05, 3.63) is 47.0 Å². The number of nitriles is 2. The fourth-order valence-corrected chi connectivity index (χ4v) is 1.72. The molecule has 2 rings (SSSR count). The summed E-state index contributed by atoms with van der Waals surface area (Å²) in [4.78, 5) is 0. The maximum Gasteiger partial charge on any atom is 0.100 e. The second kappa shape index (κ2) is 3.44. The van der Waals surface area contributed by atoms with Gasteiger partial charge < -0.3 is 0 Å². The van der Waals surface area contributed by atoms with Gasteiger partial charge >= 0.3 is 0 Å². The summed E-state index contributed by atoms with van der Waals surface area (Å²) in [5.41, 5.74) is 2.07. The molecule has 0 fully saturated rings. The van der Waals surface area contributed by atoms with Gasteiger partial charge in [-0.2, -0.15) is 10.5 Å². The molecule has 0 unspecified atom stereocenters. The Hall–Kier alpha value is -2.32. The van der Waals surface area contributed by atoms with Crippen molar-refractivity contribution in [3.8, 4) is 12.1 Å². The Morgan fingerprint density at radius 3 is 2.47 bits per heavy atom. The average molecular weight is 192 g/mol. The van der Waals surface area contributed by atoms with Gasteiger partial charge in [0.25, 0.3) is 0 Å². The van der Waals surface area contributed by atoms with Crippen molar-refractivity contribution in [3.63, 3.8) is 0 Å². The predicted octanol–water partition coefficient (Wildman–Crippen LogP) is 2.89. The average Bonchev–Trinajstić information content (AvgIpc) is 2.28. The fourth-order valence-electron chi connectivity index (χ4n) is 1.72. The van der Waals surface area contributed by atoms with E-state index in [2.05, 4.69) is 12.1 Å². The van der Waals surface area contributed by atoms with Crippen LogP contribution in [0.5, 0.6) is 0 Å². The Morgan fingerprint density at radius 1 is 1.00 bits per heavy atom. The number of hydrogen-bond donors (Lipinski definition) is 0. The van der Waals surface area contributed by atoms with E-state index in [0.717, 1.165) is 16.3 Å². The monoisotopic (exact) mass is 192 g/mol. The molecule has 0 aromatic heterocycles. The number of hydrogen-bond acceptors (Lipinski definition) is 2. The summed E-state index contributed by atoms with van der Waals surface area (Å²) >= 11 is 0. The highest BCUT2D eigenvalue weighted by molar-refractivity contribution is 5.93. The lowest BCUT2D eigenvalue weighted by Gasteiger charge is -2.04. The smallest absolute Gasteiger partial charge is 0.100 e. The zero-order chi connectivity index (χ0) is 10.8. The van der Waals surface area contributed by atoms with E-state index in [1.165, 1.54) is 0 Å². The van der Waals surface area contributed by atoms with E-state index in [0.29, 0.717) is 11.1 Å². The van der Waals surface area contributed by atoms with E-state index in [9.17, 15) is 0 Å². The van der Waals surface area contributed by atoms with Gasteiger partial charge in [-0.05, 0) is 23.9 Å². The van der Waals surface area contributed by atoms with Gasteiger partial charge in [0, 0.05) is 5.39 Å². The molecule has 15 heavy (non-hydrogen) atoms. The third-order valence-corrected chi connectivity index (χ3v) is 2.49. The summed E-state index contributed by atoms with van der Waals surface area (Å²) in [7, 11) is 0. The highest BCUT2D eigenvalue weighted by atomic mass is 14.3. The van der Waals surface area contributed by atoms with Crippen molar-refractivity contribution in [2.24, 2.45) is 0 Å². The van der Waals surface area contributed by atoms with Crippen LogP contribution in [0.3, 0.4) is 0 Å². The highest BCUT2D eigenvalue weighted by Crippen LogP contribution is 2.24. The molecule has 0 saturated heterocycles. The molecule has 0 atom stereocenters. The molecule has 0 spiro atoms. The van der Waals surface area contributed by atoms with E-state index >= 15 is 0 Å². The third-order valence-electron chi connectivity index (χ3n) is 2.49. The number of aryl methyl sites for hydroxylation is 1. The maximum absolute atomic E-state index is 9.08. The van der Waals surface area contributed by atoms with Crippen molar-refractivity contribution < 1.29 is 0 Å². The molecular weight excluding hydrogens is 184 g/mol. The Labute approximate surface area is 88.0 Å². The van der Waals surface area contributed by atoms with Crippen LogP contribution >= 0.6 is 0 Å². The van der Waals surface area contributed by atoms with Crippen LogP contribution in [0.15, 0.2) is 30.3 Å². The Balaban J connectivity index is 3.03. The second-order valence-electron chi connectivity index (χ2n) is 3.38. The van der Waals surface area contributed by atoms with Gasteiger partial charge in [-0.3, -0.25) is 0 Å². The van der Waals surface area contributed by atoms with Gasteiger partial charge in [0.15, 0.2) is 0 Å². The molecule has 0 saturated carbocycles. The molecule has 2 aromatic rings. The molecule has 0 aliphatic rings. The largest absolute Gasteiger partial charge is 0.192 e. The van der Waals surface area contributed by atoms with Crippen LogP contribution in [0, 0.1) is 29.6 Å². The summed E-state index contributed by atoms with van der Waals surface area (Å²) in [5.74, 6) is 0. The molecule has 2 nitrogen and oxygen atoms in total. The van der Waals surface area contributed by atoms with Gasteiger partial charge in [-0.15, -0.1) is 0 Å². The first-order valence-corrected chi connectivity index (χ1v) is 4.60. The Morgan fingerprint density at radius 2 is 1.80 bits per heavy atom. The topological polar surface area (TPSA) is 47.6 Å². The molecule has 0 radical (unpaired) electrons. The molecule has 0 N–H and O–H groups in total. The van der Waals surface area contributed by atoms with Gasteiger partial charge in [0.05, 0.1) is 17.2 Å². The molecular formula is C13H8N2. The van der Waals surface area contributed by atoms with Gasteiger partial charge in [0.1, 0.15) is 6.07 Å². The summed E-state index contributed by atoms with van der Waals surface area (Å²) in [5, 5.41) is 19.8. The summed E-state index contributed by atoms with van der Waals surface area (Å²) in [6, 6.07) is 13.6. The van der Waals surface area contributed by atoms with Crippen molar-refractivity contribution >= 4 is 10.8 Å². The Kier molecular flexibility index (Phi) is 2.12. The van der Waals surface area contributed by atoms with Crippen molar-refractivity contribution in [2.75, 3.05) is 0 Å². The normalized spacial score (nSPS) is 9.53. The summed E-state index contributed by atoms with van der Waals surface area (Å²) in [6.45, 7) is 1.88. The minimum atomic E-state index is 0.563. The first-order chi connectivity index (χ1) is 7.27. The van der Waals surface area contributed by atoms with E-state index in [-0.39, 0.29) is 0 Å². The lowest BCUT2D eigenvalue weighted by Crippen LogP contribution is -1.88. The van der Waals surface area contributed by atoms with E-state index in [4.69, 9.17) is 10.5 Å². The second-order valence-corrected chi connectivity index (χ2v) is 3.38. The van der Waals surface area contributed by atoms with Crippen LogP contribution in [0.25, 0.3) is 10.8 Å². The molecule has 0 aliphatic heterocycles. The van der Waals surface area contributed by atoms with Crippen molar-refractivity contribution in [2.45, 2.75) is 6.92 Å². The molecule has 0 heterocycles. The lowest BCUT2D eigenvalue weighted by atomic mass is 9.97. The van der Waals surface area contributed by atoms with Crippen LogP contribution in [-0.2, 0) is 0 Å². The SMILES string of the molecule is Cc1ccc2cccc(C#N)c2c1C#N. The third kappa shape index (κ3) is 1.33. The molecule has 0 aliphatic carbocycles. The fraction of sp³-hybridized carbons (Fsp3) is 0.0769. The van der Waals surface area contributed by atoms with Gasteiger partial charge in [-0.25, -0.2) is 0 Å². The lowest BCUT2D eigenvalue weighted by molar-refractivity contribution is 1.41. The Bertz CT molecular complexity index is 613. The maximum atomic E-state index is 9.08. The quantitative estimate of drug-likeness (QED) is 0.644. The number of nitrogens with zero attached hydrogens (tertiary/aromatic N) is 2. The molecule has 0 bridgehead atoms. The molecule has 0 amide bonds. The summed E-state index contributed by atoms with van der Waals surface area (Å²) in [6.07, 6.45) is 0. The molecule has 2 heteroatoms. The predicted molar refractivity (Wildman–Crippen MR) is 58.1 cm³/mol. The number of fused-ring (bicyclic) bond motifs is 1. The number of benzene rings is 2. The summed E-state index contributed by atoms with van der Waals surface area (Å²) < 4.78 is 0.